The standard InChI is InChI=1S/C12H19N3O3/c1-7(2)6-13-10(16)5-4-9-8(3)14-12(18)15-11(9)17/h7H,4-6H2,1-3H3,(H,13,16)(H2,14,15,17,18). The van der Waals surface area contributed by atoms with Gasteiger partial charge in [-0.2, -0.15) is 0 Å². The van der Waals surface area contributed by atoms with Gasteiger partial charge in [-0.1, -0.05) is 13.8 Å². The Labute approximate surface area is 105 Å². The number of nitrogens with one attached hydrogen (secondary N) is 3. The topological polar surface area (TPSA) is 94.8 Å². The van der Waals surface area contributed by atoms with Gasteiger partial charge in [0.2, 0.25) is 5.91 Å². The lowest BCUT2D eigenvalue weighted by atomic mass is 10.1. The van der Waals surface area contributed by atoms with E-state index in [0.717, 1.165) is 0 Å². The van der Waals surface area contributed by atoms with Crippen LogP contribution < -0.4 is 16.6 Å². The van der Waals surface area contributed by atoms with Crippen molar-refractivity contribution in [3.63, 3.8) is 0 Å². The van der Waals surface area contributed by atoms with Crippen molar-refractivity contribution in [2.75, 3.05) is 6.54 Å². The van der Waals surface area contributed by atoms with Gasteiger partial charge in [0, 0.05) is 24.2 Å². The Morgan fingerprint density at radius 2 is 1.94 bits per heavy atom. The van der Waals surface area contributed by atoms with Crippen LogP contribution in [0.1, 0.15) is 31.5 Å². The van der Waals surface area contributed by atoms with Gasteiger partial charge < -0.3 is 10.3 Å². The molecule has 0 aliphatic rings. The molecule has 1 amide bonds. The van der Waals surface area contributed by atoms with E-state index in [0.29, 0.717) is 30.1 Å². The first kappa shape index (κ1) is 14.2. The first-order valence-corrected chi connectivity index (χ1v) is 5.99. The zero-order chi connectivity index (χ0) is 13.7. The van der Waals surface area contributed by atoms with Crippen molar-refractivity contribution in [1.29, 1.82) is 0 Å². The second kappa shape index (κ2) is 6.18. The van der Waals surface area contributed by atoms with Crippen molar-refractivity contribution in [3.8, 4) is 0 Å². The Balaban J connectivity index is 2.62. The quantitative estimate of drug-likeness (QED) is 0.693. The van der Waals surface area contributed by atoms with Crippen LogP contribution >= 0.6 is 0 Å². The highest BCUT2D eigenvalue weighted by atomic mass is 16.2. The molecule has 0 unspecified atom stereocenters. The Bertz CT molecular complexity index is 528. The number of carbonyl (C=O) groups is 1. The highest BCUT2D eigenvalue weighted by molar-refractivity contribution is 5.76. The van der Waals surface area contributed by atoms with Crippen LogP contribution in [-0.4, -0.2) is 22.4 Å². The van der Waals surface area contributed by atoms with Crippen molar-refractivity contribution in [2.24, 2.45) is 5.92 Å². The third-order valence-corrected chi connectivity index (χ3v) is 2.56. The number of carbonyl (C=O) groups excluding carboxylic acids is 1. The van der Waals surface area contributed by atoms with Crippen molar-refractivity contribution >= 4 is 5.91 Å². The monoisotopic (exact) mass is 253 g/mol. The maximum absolute atomic E-state index is 11.5. The molecule has 0 saturated carbocycles. The van der Waals surface area contributed by atoms with E-state index in [-0.39, 0.29) is 12.3 Å². The fourth-order valence-electron chi connectivity index (χ4n) is 1.57. The number of rotatable bonds is 5. The van der Waals surface area contributed by atoms with E-state index in [9.17, 15) is 14.4 Å². The molecule has 0 aliphatic heterocycles. The number of amides is 1. The predicted molar refractivity (Wildman–Crippen MR) is 68.6 cm³/mol. The van der Waals surface area contributed by atoms with Crippen LogP contribution in [0, 0.1) is 12.8 Å². The molecule has 1 heterocycles. The van der Waals surface area contributed by atoms with Gasteiger partial charge in [-0.05, 0) is 19.3 Å². The number of aromatic nitrogens is 2. The third-order valence-electron chi connectivity index (χ3n) is 2.56. The van der Waals surface area contributed by atoms with Gasteiger partial charge in [0.25, 0.3) is 5.56 Å². The van der Waals surface area contributed by atoms with Gasteiger partial charge in [0.15, 0.2) is 0 Å². The minimum atomic E-state index is -0.523. The minimum Gasteiger partial charge on any atom is -0.356 e. The van der Waals surface area contributed by atoms with E-state index < -0.39 is 11.2 Å². The maximum Gasteiger partial charge on any atom is 0.325 e. The van der Waals surface area contributed by atoms with Gasteiger partial charge in [0.1, 0.15) is 0 Å². The van der Waals surface area contributed by atoms with Gasteiger partial charge in [-0.15, -0.1) is 0 Å². The number of hydrogen-bond acceptors (Lipinski definition) is 3. The molecule has 100 valence electrons. The van der Waals surface area contributed by atoms with Crippen molar-refractivity contribution in [2.45, 2.75) is 33.6 Å². The average Bonchev–Trinajstić information content (AvgIpc) is 2.24. The van der Waals surface area contributed by atoms with E-state index in [1.54, 1.807) is 6.92 Å². The Kier molecular flexibility index (Phi) is 4.88. The Morgan fingerprint density at radius 3 is 2.50 bits per heavy atom. The summed E-state index contributed by atoms with van der Waals surface area (Å²) in [5.74, 6) is 0.306. The fourth-order valence-corrected chi connectivity index (χ4v) is 1.57. The SMILES string of the molecule is Cc1[nH]c(=O)[nH]c(=O)c1CCC(=O)NCC(C)C. The maximum atomic E-state index is 11.5. The summed E-state index contributed by atoms with van der Waals surface area (Å²) >= 11 is 0. The molecule has 1 rings (SSSR count). The van der Waals surface area contributed by atoms with Gasteiger partial charge in [-0.25, -0.2) is 4.79 Å². The molecule has 0 aromatic carbocycles. The first-order valence-electron chi connectivity index (χ1n) is 5.99. The van der Waals surface area contributed by atoms with Crippen LogP contribution in [0.15, 0.2) is 9.59 Å². The summed E-state index contributed by atoms with van der Waals surface area (Å²) in [7, 11) is 0. The molecule has 0 spiro atoms. The molecule has 0 fully saturated rings. The summed E-state index contributed by atoms with van der Waals surface area (Å²) in [5.41, 5.74) is 0.0214. The lowest BCUT2D eigenvalue weighted by Gasteiger charge is -2.08. The largest absolute Gasteiger partial charge is 0.356 e. The molecule has 6 nitrogen and oxygen atoms in total. The molecule has 6 heteroatoms. The molecule has 0 atom stereocenters. The number of hydrogen-bond donors (Lipinski definition) is 3. The average molecular weight is 253 g/mol. The summed E-state index contributed by atoms with van der Waals surface area (Å²) in [6.45, 7) is 6.30. The van der Waals surface area contributed by atoms with E-state index in [1.165, 1.54) is 0 Å². The van der Waals surface area contributed by atoms with Crippen molar-refractivity contribution in [3.05, 3.63) is 32.1 Å². The van der Waals surface area contributed by atoms with E-state index in [2.05, 4.69) is 15.3 Å². The lowest BCUT2D eigenvalue weighted by Crippen LogP contribution is -2.30. The predicted octanol–water partition coefficient (Wildman–Crippen LogP) is 0.0764. The van der Waals surface area contributed by atoms with Crippen LogP contribution in [0.2, 0.25) is 0 Å². The molecule has 0 aliphatic carbocycles. The Morgan fingerprint density at radius 1 is 1.28 bits per heavy atom. The summed E-state index contributed by atoms with van der Waals surface area (Å²) in [6, 6.07) is 0. The highest BCUT2D eigenvalue weighted by Crippen LogP contribution is 2.00. The zero-order valence-corrected chi connectivity index (χ0v) is 10.9. The molecule has 0 radical (unpaired) electrons. The lowest BCUT2D eigenvalue weighted by molar-refractivity contribution is -0.121. The third kappa shape index (κ3) is 4.20. The van der Waals surface area contributed by atoms with E-state index >= 15 is 0 Å². The molecular formula is C12H19N3O3. The summed E-state index contributed by atoms with van der Waals surface area (Å²) < 4.78 is 0. The zero-order valence-electron chi connectivity index (χ0n) is 10.9. The molecule has 0 bridgehead atoms. The summed E-state index contributed by atoms with van der Waals surface area (Å²) in [5, 5.41) is 2.78. The number of aromatic amines is 2. The van der Waals surface area contributed by atoms with Gasteiger partial charge in [0.05, 0.1) is 0 Å². The first-order chi connectivity index (χ1) is 8.40. The fraction of sp³-hybridized carbons (Fsp3) is 0.583. The number of aryl methyl sites for hydroxylation is 1. The van der Waals surface area contributed by atoms with Crippen LogP contribution in [-0.2, 0) is 11.2 Å². The molecule has 1 aromatic rings. The summed E-state index contributed by atoms with van der Waals surface area (Å²) in [6.07, 6.45) is 0.560. The highest BCUT2D eigenvalue weighted by Gasteiger charge is 2.09. The van der Waals surface area contributed by atoms with Gasteiger partial charge in [-0.3, -0.25) is 14.6 Å². The Hall–Kier alpha value is -1.85. The molecule has 3 N–H and O–H groups in total. The second-order valence-corrected chi connectivity index (χ2v) is 4.71. The van der Waals surface area contributed by atoms with Crippen molar-refractivity contribution in [1.82, 2.24) is 15.3 Å². The van der Waals surface area contributed by atoms with Crippen molar-refractivity contribution < 1.29 is 4.79 Å². The summed E-state index contributed by atoms with van der Waals surface area (Å²) in [4.78, 5) is 38.7. The normalized spacial score (nSPS) is 10.7. The molecular weight excluding hydrogens is 234 g/mol. The minimum absolute atomic E-state index is 0.0892. The van der Waals surface area contributed by atoms with Gasteiger partial charge >= 0.3 is 5.69 Å². The molecule has 1 aromatic heterocycles. The molecule has 0 saturated heterocycles. The van der Waals surface area contributed by atoms with Crippen LogP contribution in [0.25, 0.3) is 0 Å². The van der Waals surface area contributed by atoms with E-state index in [4.69, 9.17) is 0 Å². The van der Waals surface area contributed by atoms with Crippen LogP contribution in [0.4, 0.5) is 0 Å². The van der Waals surface area contributed by atoms with Crippen LogP contribution in [0.3, 0.4) is 0 Å². The second-order valence-electron chi connectivity index (χ2n) is 4.71. The smallest absolute Gasteiger partial charge is 0.325 e. The molecule has 18 heavy (non-hydrogen) atoms. The van der Waals surface area contributed by atoms with E-state index in [1.807, 2.05) is 13.8 Å². The van der Waals surface area contributed by atoms with Crippen LogP contribution in [0.5, 0.6) is 0 Å². The number of H-pyrrole nitrogens is 2.